The van der Waals surface area contributed by atoms with Gasteiger partial charge in [0.2, 0.25) is 0 Å². The summed E-state index contributed by atoms with van der Waals surface area (Å²) in [6, 6.07) is 17.9. The predicted octanol–water partition coefficient (Wildman–Crippen LogP) is 2.46. The standard InChI is InChI=1S/C16H13NO2/c18-15-16(11-19-16)13-8-4-5-9-14(13)17(15)10-12-6-2-1-3-7-12/h1-9H,10-11H2. The number of nitrogens with zero attached hydrogens (tertiary/aromatic N) is 1. The van der Waals surface area contributed by atoms with Crippen LogP contribution >= 0.6 is 0 Å². The van der Waals surface area contributed by atoms with Crippen molar-refractivity contribution in [2.75, 3.05) is 11.5 Å². The van der Waals surface area contributed by atoms with Gasteiger partial charge in [-0.1, -0.05) is 48.5 Å². The number of ether oxygens (including phenoxy) is 1. The first-order valence-electron chi connectivity index (χ1n) is 6.41. The van der Waals surface area contributed by atoms with E-state index in [-0.39, 0.29) is 5.91 Å². The summed E-state index contributed by atoms with van der Waals surface area (Å²) in [7, 11) is 0. The van der Waals surface area contributed by atoms with Crippen molar-refractivity contribution in [2.45, 2.75) is 12.1 Å². The van der Waals surface area contributed by atoms with Crippen LogP contribution in [0.3, 0.4) is 0 Å². The van der Waals surface area contributed by atoms with Gasteiger partial charge in [0, 0.05) is 5.56 Å². The molecule has 0 aromatic heterocycles. The minimum absolute atomic E-state index is 0.0672. The Morgan fingerprint density at radius 1 is 1.05 bits per heavy atom. The van der Waals surface area contributed by atoms with Crippen LogP contribution in [0.1, 0.15) is 11.1 Å². The summed E-state index contributed by atoms with van der Waals surface area (Å²) in [6.07, 6.45) is 0. The molecule has 94 valence electrons. The molecule has 0 N–H and O–H groups in total. The Morgan fingerprint density at radius 3 is 2.47 bits per heavy atom. The molecule has 3 heteroatoms. The number of hydrogen-bond donors (Lipinski definition) is 0. The molecule has 2 aliphatic heterocycles. The normalized spacial score (nSPS) is 23.8. The van der Waals surface area contributed by atoms with E-state index in [0.717, 1.165) is 16.8 Å². The minimum Gasteiger partial charge on any atom is -0.354 e. The third-order valence-corrected chi connectivity index (χ3v) is 3.84. The number of carbonyl (C=O) groups excluding carboxylic acids is 1. The minimum atomic E-state index is -0.675. The van der Waals surface area contributed by atoms with Crippen LogP contribution in [0, 0.1) is 0 Å². The molecule has 0 bridgehead atoms. The number of fused-ring (bicyclic) bond motifs is 2. The summed E-state index contributed by atoms with van der Waals surface area (Å²) in [6.45, 7) is 1.11. The van der Waals surface area contributed by atoms with Gasteiger partial charge in [0.25, 0.3) is 5.91 Å². The van der Waals surface area contributed by atoms with Gasteiger partial charge in [-0.3, -0.25) is 4.79 Å². The van der Waals surface area contributed by atoms with Crippen molar-refractivity contribution in [2.24, 2.45) is 0 Å². The average Bonchev–Trinajstić information content (AvgIpc) is 3.23. The Hall–Kier alpha value is -2.13. The van der Waals surface area contributed by atoms with Gasteiger partial charge in [0.1, 0.15) is 0 Å². The molecule has 1 unspecified atom stereocenters. The zero-order valence-electron chi connectivity index (χ0n) is 10.4. The van der Waals surface area contributed by atoms with Gasteiger partial charge in [0.15, 0.2) is 5.60 Å². The van der Waals surface area contributed by atoms with E-state index in [1.807, 2.05) is 59.5 Å². The maximum Gasteiger partial charge on any atom is 0.266 e. The molecule has 1 atom stereocenters. The number of anilines is 1. The van der Waals surface area contributed by atoms with Crippen LogP contribution in [0.5, 0.6) is 0 Å². The average molecular weight is 251 g/mol. The number of para-hydroxylation sites is 1. The number of benzene rings is 2. The van der Waals surface area contributed by atoms with E-state index >= 15 is 0 Å². The Labute approximate surface area is 111 Å². The Balaban J connectivity index is 1.76. The van der Waals surface area contributed by atoms with Gasteiger partial charge in [-0.05, 0) is 11.6 Å². The summed E-state index contributed by atoms with van der Waals surface area (Å²) in [5, 5.41) is 0. The Morgan fingerprint density at radius 2 is 1.74 bits per heavy atom. The van der Waals surface area contributed by atoms with E-state index in [1.54, 1.807) is 0 Å². The van der Waals surface area contributed by atoms with Crippen LogP contribution < -0.4 is 4.90 Å². The second-order valence-corrected chi connectivity index (χ2v) is 5.01. The Bertz CT molecular complexity index is 647. The molecule has 1 amide bonds. The van der Waals surface area contributed by atoms with Gasteiger partial charge in [0.05, 0.1) is 18.8 Å². The molecule has 0 radical (unpaired) electrons. The summed E-state index contributed by atoms with van der Waals surface area (Å²) >= 11 is 0. The number of amides is 1. The monoisotopic (exact) mass is 251 g/mol. The fourth-order valence-corrected chi connectivity index (χ4v) is 2.77. The zero-order valence-corrected chi connectivity index (χ0v) is 10.4. The van der Waals surface area contributed by atoms with Crippen LogP contribution in [0.2, 0.25) is 0 Å². The van der Waals surface area contributed by atoms with Crippen molar-refractivity contribution in [3.63, 3.8) is 0 Å². The van der Waals surface area contributed by atoms with Crippen LogP contribution in [0.15, 0.2) is 54.6 Å². The van der Waals surface area contributed by atoms with Crippen molar-refractivity contribution in [1.29, 1.82) is 0 Å². The summed E-state index contributed by atoms with van der Waals surface area (Å²) in [5.74, 6) is 0.0672. The molecule has 1 fully saturated rings. The number of carbonyl (C=O) groups is 1. The molecule has 4 rings (SSSR count). The van der Waals surface area contributed by atoms with Crippen molar-refractivity contribution < 1.29 is 9.53 Å². The first-order valence-corrected chi connectivity index (χ1v) is 6.41. The fraction of sp³-hybridized carbons (Fsp3) is 0.188. The lowest BCUT2D eigenvalue weighted by Crippen LogP contribution is -2.32. The Kier molecular flexibility index (Phi) is 2.09. The van der Waals surface area contributed by atoms with E-state index < -0.39 is 5.60 Å². The quantitative estimate of drug-likeness (QED) is 0.768. The zero-order chi connectivity index (χ0) is 12.9. The lowest BCUT2D eigenvalue weighted by molar-refractivity contribution is -0.123. The topological polar surface area (TPSA) is 32.8 Å². The number of epoxide rings is 1. The van der Waals surface area contributed by atoms with Crippen molar-refractivity contribution in [3.8, 4) is 0 Å². The number of hydrogen-bond acceptors (Lipinski definition) is 2. The number of rotatable bonds is 2. The highest BCUT2D eigenvalue weighted by Gasteiger charge is 2.61. The van der Waals surface area contributed by atoms with Crippen LogP contribution in [0.25, 0.3) is 0 Å². The van der Waals surface area contributed by atoms with E-state index in [9.17, 15) is 4.79 Å². The van der Waals surface area contributed by atoms with Gasteiger partial charge < -0.3 is 9.64 Å². The van der Waals surface area contributed by atoms with Gasteiger partial charge in [-0.2, -0.15) is 0 Å². The van der Waals surface area contributed by atoms with Crippen molar-refractivity contribution in [1.82, 2.24) is 0 Å². The van der Waals surface area contributed by atoms with Crippen LogP contribution in [-0.4, -0.2) is 12.5 Å². The van der Waals surface area contributed by atoms with E-state index in [0.29, 0.717) is 13.2 Å². The second kappa shape index (κ2) is 3.68. The lowest BCUT2D eigenvalue weighted by Gasteiger charge is -2.17. The summed E-state index contributed by atoms with van der Waals surface area (Å²) < 4.78 is 5.47. The smallest absolute Gasteiger partial charge is 0.266 e. The molecule has 1 saturated heterocycles. The van der Waals surface area contributed by atoms with Crippen LogP contribution in [-0.2, 0) is 21.7 Å². The van der Waals surface area contributed by atoms with Gasteiger partial charge in [-0.15, -0.1) is 0 Å². The molecule has 2 aromatic rings. The van der Waals surface area contributed by atoms with Gasteiger partial charge in [-0.25, -0.2) is 0 Å². The maximum absolute atomic E-state index is 12.6. The third-order valence-electron chi connectivity index (χ3n) is 3.84. The van der Waals surface area contributed by atoms with Gasteiger partial charge >= 0.3 is 0 Å². The van der Waals surface area contributed by atoms with Crippen LogP contribution in [0.4, 0.5) is 5.69 Å². The second-order valence-electron chi connectivity index (χ2n) is 5.01. The first kappa shape index (κ1) is 10.8. The molecule has 0 aliphatic carbocycles. The van der Waals surface area contributed by atoms with E-state index in [1.165, 1.54) is 0 Å². The molecule has 2 heterocycles. The molecule has 1 spiro atoms. The predicted molar refractivity (Wildman–Crippen MR) is 71.7 cm³/mol. The molecule has 0 saturated carbocycles. The third kappa shape index (κ3) is 1.45. The van der Waals surface area contributed by atoms with E-state index in [2.05, 4.69) is 0 Å². The highest BCUT2D eigenvalue weighted by atomic mass is 16.6. The molecular formula is C16H13NO2. The van der Waals surface area contributed by atoms with Crippen molar-refractivity contribution >= 4 is 11.6 Å². The molecule has 2 aliphatic rings. The molecule has 3 nitrogen and oxygen atoms in total. The fourth-order valence-electron chi connectivity index (χ4n) is 2.77. The van der Waals surface area contributed by atoms with E-state index in [4.69, 9.17) is 4.74 Å². The molecule has 2 aromatic carbocycles. The highest BCUT2D eigenvalue weighted by Crippen LogP contribution is 2.50. The lowest BCUT2D eigenvalue weighted by atomic mass is 10.0. The molecule has 19 heavy (non-hydrogen) atoms. The highest BCUT2D eigenvalue weighted by molar-refractivity contribution is 6.08. The summed E-state index contributed by atoms with van der Waals surface area (Å²) in [5.41, 5.74) is 2.44. The maximum atomic E-state index is 12.6. The first-order chi connectivity index (χ1) is 9.31. The summed E-state index contributed by atoms with van der Waals surface area (Å²) in [4.78, 5) is 14.4. The largest absolute Gasteiger partial charge is 0.354 e. The molecular weight excluding hydrogens is 238 g/mol. The SMILES string of the molecule is O=C1N(Cc2ccccc2)c2ccccc2C12CO2. The van der Waals surface area contributed by atoms with Crippen molar-refractivity contribution in [3.05, 3.63) is 65.7 Å².